The molecule has 4 nitrogen and oxygen atoms in total. The van der Waals surface area contributed by atoms with Gasteiger partial charge in [-0.2, -0.15) is 10.5 Å². The quantitative estimate of drug-likeness (QED) is 0.199. The van der Waals surface area contributed by atoms with Gasteiger partial charge in [0.1, 0.15) is 0 Å². The summed E-state index contributed by atoms with van der Waals surface area (Å²) in [6.45, 7) is 0. The first-order valence-corrected chi connectivity index (χ1v) is 16.2. The smallest absolute Gasteiger partial charge is 0.0998 e. The number of hydrogen-bond donors (Lipinski definition) is 0. The molecular formula is C44H28N4. The Labute approximate surface area is 277 Å². The van der Waals surface area contributed by atoms with Crippen LogP contribution in [0.3, 0.4) is 0 Å². The molecule has 1 aliphatic carbocycles. The summed E-state index contributed by atoms with van der Waals surface area (Å²) >= 11 is 0. The van der Waals surface area contributed by atoms with Crippen LogP contribution < -0.4 is 0 Å². The van der Waals surface area contributed by atoms with E-state index in [-0.39, 0.29) is 5.92 Å². The molecule has 224 valence electrons. The third-order valence-corrected chi connectivity index (χ3v) is 9.75. The summed E-state index contributed by atoms with van der Waals surface area (Å²) in [6, 6.07) is 50.7. The normalized spacial score (nSPS) is 14.4. The van der Waals surface area contributed by atoms with Crippen molar-refractivity contribution in [3.63, 3.8) is 0 Å². The first-order valence-electron chi connectivity index (χ1n) is 16.2. The molecule has 0 saturated heterocycles. The Hall–Kier alpha value is -6.62. The van der Waals surface area contributed by atoms with Gasteiger partial charge in [0.15, 0.2) is 0 Å². The molecule has 0 aliphatic heterocycles. The summed E-state index contributed by atoms with van der Waals surface area (Å²) in [6.07, 6.45) is 7.81. The lowest BCUT2D eigenvalue weighted by Crippen LogP contribution is -2.05. The zero-order valence-corrected chi connectivity index (χ0v) is 26.0. The molecule has 48 heavy (non-hydrogen) atoms. The van der Waals surface area contributed by atoms with Gasteiger partial charge in [-0.1, -0.05) is 103 Å². The first kappa shape index (κ1) is 27.7. The second-order valence-electron chi connectivity index (χ2n) is 12.3. The molecule has 9 rings (SSSR count). The monoisotopic (exact) mass is 612 g/mol. The van der Waals surface area contributed by atoms with Crippen molar-refractivity contribution in [1.82, 2.24) is 9.13 Å². The van der Waals surface area contributed by atoms with Gasteiger partial charge in [0.25, 0.3) is 0 Å². The highest BCUT2D eigenvalue weighted by Crippen LogP contribution is 2.42. The van der Waals surface area contributed by atoms with Crippen molar-refractivity contribution >= 4 is 49.3 Å². The topological polar surface area (TPSA) is 57.4 Å². The third-order valence-electron chi connectivity index (χ3n) is 9.75. The Balaban J connectivity index is 1.19. The molecule has 0 bridgehead atoms. The van der Waals surface area contributed by atoms with Crippen molar-refractivity contribution in [3.05, 3.63) is 168 Å². The molecule has 1 aliphatic rings. The Morgan fingerprint density at radius 2 is 1.21 bits per heavy atom. The van der Waals surface area contributed by atoms with Gasteiger partial charge in [0, 0.05) is 38.7 Å². The number of para-hydroxylation sites is 3. The van der Waals surface area contributed by atoms with Gasteiger partial charge >= 0.3 is 0 Å². The second-order valence-corrected chi connectivity index (χ2v) is 12.3. The summed E-state index contributed by atoms with van der Waals surface area (Å²) in [5.74, 6) is 0.171. The molecule has 4 heteroatoms. The molecule has 0 amide bonds. The lowest BCUT2D eigenvalue weighted by molar-refractivity contribution is 0.852. The zero-order chi connectivity index (χ0) is 32.2. The Morgan fingerprint density at radius 3 is 1.90 bits per heavy atom. The lowest BCUT2D eigenvalue weighted by atomic mass is 9.85. The number of benzene rings is 6. The summed E-state index contributed by atoms with van der Waals surface area (Å²) in [5, 5.41) is 24.5. The van der Waals surface area contributed by atoms with Gasteiger partial charge in [0.2, 0.25) is 0 Å². The van der Waals surface area contributed by atoms with E-state index >= 15 is 0 Å². The highest BCUT2D eigenvalue weighted by atomic mass is 15.0. The van der Waals surface area contributed by atoms with Gasteiger partial charge in [-0.15, -0.1) is 0 Å². The van der Waals surface area contributed by atoms with E-state index < -0.39 is 0 Å². The summed E-state index contributed by atoms with van der Waals surface area (Å²) < 4.78 is 4.59. The third kappa shape index (κ3) is 4.14. The Kier molecular flexibility index (Phi) is 6.35. The molecule has 1 atom stereocenters. The maximum Gasteiger partial charge on any atom is 0.0998 e. The number of fused-ring (bicyclic) bond motifs is 6. The molecule has 0 saturated carbocycles. The summed E-state index contributed by atoms with van der Waals surface area (Å²) in [5.41, 5.74) is 11.1. The maximum absolute atomic E-state index is 10.0. The van der Waals surface area contributed by atoms with Crippen LogP contribution in [0.4, 0.5) is 0 Å². The van der Waals surface area contributed by atoms with Crippen LogP contribution in [0.2, 0.25) is 0 Å². The number of nitrogens with zero attached hydrogens (tertiary/aromatic N) is 4. The van der Waals surface area contributed by atoms with E-state index in [1.54, 1.807) is 0 Å². The zero-order valence-electron chi connectivity index (χ0n) is 26.0. The van der Waals surface area contributed by atoms with Crippen molar-refractivity contribution in [2.45, 2.75) is 12.3 Å². The average molecular weight is 613 g/mol. The van der Waals surface area contributed by atoms with Crippen molar-refractivity contribution in [3.8, 4) is 29.0 Å². The van der Waals surface area contributed by atoms with Crippen LogP contribution in [-0.4, -0.2) is 9.13 Å². The van der Waals surface area contributed by atoms with E-state index in [2.05, 4.69) is 137 Å². The standard InChI is InChI=1S/C44H28N4/c45-27-29-20-25-37(43(26-29)48-41-18-8-5-15-38(41)44-31(28-46)10-9-19-42(44)48)34-12-2-1-11-33(34)30-21-23-32(24-22-30)47-39-16-6-3-13-35(39)36-14-4-7-17-40(36)47/h1-21,23-26,30H,22H2. The predicted octanol–water partition coefficient (Wildman–Crippen LogP) is 10.9. The van der Waals surface area contributed by atoms with E-state index in [9.17, 15) is 10.5 Å². The van der Waals surface area contributed by atoms with E-state index in [4.69, 9.17) is 0 Å². The van der Waals surface area contributed by atoms with E-state index in [0.29, 0.717) is 11.1 Å². The van der Waals surface area contributed by atoms with Gasteiger partial charge in [-0.05, 0) is 66.1 Å². The van der Waals surface area contributed by atoms with Gasteiger partial charge in [0.05, 0.1) is 51.0 Å². The van der Waals surface area contributed by atoms with Crippen LogP contribution in [0.5, 0.6) is 0 Å². The molecule has 2 heterocycles. The van der Waals surface area contributed by atoms with Crippen molar-refractivity contribution in [2.24, 2.45) is 0 Å². The molecular weight excluding hydrogens is 585 g/mol. The van der Waals surface area contributed by atoms with Gasteiger partial charge in [-0.25, -0.2) is 0 Å². The number of aromatic nitrogens is 2. The van der Waals surface area contributed by atoms with E-state index in [0.717, 1.165) is 45.0 Å². The van der Waals surface area contributed by atoms with Crippen molar-refractivity contribution < 1.29 is 0 Å². The van der Waals surface area contributed by atoms with Gasteiger partial charge < -0.3 is 9.13 Å². The lowest BCUT2D eigenvalue weighted by Gasteiger charge is -2.23. The largest absolute Gasteiger partial charge is 0.310 e. The fraction of sp³-hybridized carbons (Fsp3) is 0.0455. The molecule has 1 unspecified atom stereocenters. The minimum absolute atomic E-state index is 0.171. The fourth-order valence-corrected chi connectivity index (χ4v) is 7.66. The van der Waals surface area contributed by atoms with Crippen LogP contribution in [0.25, 0.3) is 66.1 Å². The Morgan fingerprint density at radius 1 is 0.562 bits per heavy atom. The summed E-state index contributed by atoms with van der Waals surface area (Å²) in [4.78, 5) is 0. The predicted molar refractivity (Wildman–Crippen MR) is 196 cm³/mol. The summed E-state index contributed by atoms with van der Waals surface area (Å²) in [7, 11) is 0. The number of rotatable bonds is 4. The maximum atomic E-state index is 10.0. The number of nitriles is 2. The van der Waals surface area contributed by atoms with E-state index in [1.807, 2.05) is 36.4 Å². The van der Waals surface area contributed by atoms with Crippen LogP contribution in [0.1, 0.15) is 29.0 Å². The second kappa shape index (κ2) is 11.0. The molecule has 0 spiro atoms. The van der Waals surface area contributed by atoms with Crippen molar-refractivity contribution in [1.29, 1.82) is 10.5 Å². The highest BCUT2D eigenvalue weighted by Gasteiger charge is 2.22. The fourth-order valence-electron chi connectivity index (χ4n) is 7.66. The molecule has 0 fully saturated rings. The minimum Gasteiger partial charge on any atom is -0.310 e. The van der Waals surface area contributed by atoms with Crippen LogP contribution in [0, 0.1) is 22.7 Å². The Bertz CT molecular complexity index is 2680. The first-order chi connectivity index (χ1) is 23.7. The van der Waals surface area contributed by atoms with Crippen LogP contribution in [-0.2, 0) is 0 Å². The van der Waals surface area contributed by atoms with Crippen LogP contribution >= 0.6 is 0 Å². The molecule has 8 aromatic rings. The molecule has 6 aromatic carbocycles. The number of hydrogen-bond acceptors (Lipinski definition) is 2. The molecule has 0 radical (unpaired) electrons. The molecule has 0 N–H and O–H groups in total. The minimum atomic E-state index is 0.171. The van der Waals surface area contributed by atoms with E-state index in [1.165, 1.54) is 33.1 Å². The average Bonchev–Trinajstić information content (AvgIpc) is 3.68. The van der Waals surface area contributed by atoms with Crippen molar-refractivity contribution in [2.75, 3.05) is 0 Å². The number of allylic oxidation sites excluding steroid dienone is 4. The SMILES string of the molecule is N#Cc1ccc(-c2ccccc2C2C=CC(n3c4ccccc4c4ccccc43)=CC2)c(-n2c3ccccc3c3c(C#N)cccc32)c1. The van der Waals surface area contributed by atoms with Gasteiger partial charge in [-0.3, -0.25) is 0 Å². The molecule has 2 aromatic heterocycles. The highest BCUT2D eigenvalue weighted by molar-refractivity contribution is 6.12. The van der Waals surface area contributed by atoms with Crippen LogP contribution in [0.15, 0.2) is 152 Å².